The Morgan fingerprint density at radius 2 is 1.95 bits per heavy atom. The number of aliphatic hydroxyl groups excluding tert-OH is 1. The fraction of sp³-hybridized carbons (Fsp3) is 0.188. The molecule has 4 nitrogen and oxygen atoms in total. The zero-order valence-electron chi connectivity index (χ0n) is 12.0. The molecule has 0 aliphatic rings. The molecule has 0 radical (unpaired) electrons. The van der Waals surface area contributed by atoms with Gasteiger partial charge in [0.25, 0.3) is 0 Å². The van der Waals surface area contributed by atoms with E-state index in [-0.39, 0.29) is 19.1 Å². The summed E-state index contributed by atoms with van der Waals surface area (Å²) in [6.07, 6.45) is 0. The minimum atomic E-state index is -0.975. The molecule has 1 amide bonds. The summed E-state index contributed by atoms with van der Waals surface area (Å²) in [5.74, 6) is -2.24. The van der Waals surface area contributed by atoms with Gasteiger partial charge in [0.05, 0.1) is 13.2 Å². The summed E-state index contributed by atoms with van der Waals surface area (Å²) in [6.45, 7) is 1.60. The first-order valence-corrected chi connectivity index (χ1v) is 6.69. The van der Waals surface area contributed by atoms with Gasteiger partial charge in [-0.3, -0.25) is 4.79 Å². The van der Waals surface area contributed by atoms with Crippen LogP contribution in [0, 0.1) is 18.6 Å². The van der Waals surface area contributed by atoms with Crippen LogP contribution >= 0.6 is 0 Å². The first kappa shape index (κ1) is 15.9. The summed E-state index contributed by atoms with van der Waals surface area (Å²) in [4.78, 5) is 11.9. The molecule has 0 atom stereocenters. The van der Waals surface area contributed by atoms with E-state index < -0.39 is 11.6 Å². The van der Waals surface area contributed by atoms with Gasteiger partial charge < -0.3 is 15.7 Å². The van der Waals surface area contributed by atoms with E-state index in [2.05, 4.69) is 10.6 Å². The lowest BCUT2D eigenvalue weighted by Gasteiger charge is -2.12. The zero-order valence-corrected chi connectivity index (χ0v) is 12.0. The summed E-state index contributed by atoms with van der Waals surface area (Å²) >= 11 is 0. The molecule has 2 aromatic carbocycles. The van der Waals surface area contributed by atoms with Crippen LogP contribution < -0.4 is 10.6 Å². The number of benzene rings is 2. The molecule has 0 saturated heterocycles. The van der Waals surface area contributed by atoms with Crippen molar-refractivity contribution in [2.45, 2.75) is 13.5 Å². The third-order valence-corrected chi connectivity index (χ3v) is 3.26. The van der Waals surface area contributed by atoms with Crippen molar-refractivity contribution in [2.75, 3.05) is 17.2 Å². The van der Waals surface area contributed by atoms with Gasteiger partial charge >= 0.3 is 0 Å². The number of amides is 1. The molecule has 0 unspecified atom stereocenters. The van der Waals surface area contributed by atoms with Crippen molar-refractivity contribution in [1.29, 1.82) is 0 Å². The third kappa shape index (κ3) is 3.79. The zero-order chi connectivity index (χ0) is 16.1. The van der Waals surface area contributed by atoms with Gasteiger partial charge in [-0.05, 0) is 36.2 Å². The largest absolute Gasteiger partial charge is 0.392 e. The van der Waals surface area contributed by atoms with Gasteiger partial charge in [-0.1, -0.05) is 12.1 Å². The van der Waals surface area contributed by atoms with Crippen LogP contribution in [-0.2, 0) is 11.4 Å². The van der Waals surface area contributed by atoms with Crippen LogP contribution in [0.15, 0.2) is 36.4 Å². The molecule has 116 valence electrons. The van der Waals surface area contributed by atoms with E-state index in [0.29, 0.717) is 11.4 Å². The van der Waals surface area contributed by atoms with Crippen molar-refractivity contribution in [2.24, 2.45) is 0 Å². The van der Waals surface area contributed by atoms with Crippen molar-refractivity contribution < 1.29 is 18.7 Å². The standard InChI is InChI=1S/C16H16F2N2O2/c1-10-11(9-21)3-2-4-15(10)20-16(22)8-19-12-5-6-13(17)14(18)7-12/h2-7,19,21H,8-9H2,1H3,(H,20,22). The Hall–Kier alpha value is -2.47. The van der Waals surface area contributed by atoms with Crippen molar-refractivity contribution in [1.82, 2.24) is 0 Å². The number of hydrogen-bond acceptors (Lipinski definition) is 3. The van der Waals surface area contributed by atoms with Gasteiger partial charge in [-0.2, -0.15) is 0 Å². The molecule has 22 heavy (non-hydrogen) atoms. The SMILES string of the molecule is Cc1c(CO)cccc1NC(=O)CNc1ccc(F)c(F)c1. The Labute approximate surface area is 126 Å². The van der Waals surface area contributed by atoms with E-state index in [1.807, 2.05) is 0 Å². The van der Waals surface area contributed by atoms with Crippen LogP contribution in [0.4, 0.5) is 20.2 Å². The van der Waals surface area contributed by atoms with Crippen molar-refractivity contribution in [3.8, 4) is 0 Å². The van der Waals surface area contributed by atoms with Crippen molar-refractivity contribution in [3.63, 3.8) is 0 Å². The van der Waals surface area contributed by atoms with E-state index in [4.69, 9.17) is 0 Å². The molecule has 0 fully saturated rings. The van der Waals surface area contributed by atoms with Gasteiger partial charge in [0.2, 0.25) is 5.91 Å². The lowest BCUT2D eigenvalue weighted by molar-refractivity contribution is -0.114. The summed E-state index contributed by atoms with van der Waals surface area (Å²) in [6, 6.07) is 8.56. The summed E-state index contributed by atoms with van der Waals surface area (Å²) in [7, 11) is 0. The van der Waals surface area contributed by atoms with Crippen LogP contribution in [0.5, 0.6) is 0 Å². The number of hydrogen-bond donors (Lipinski definition) is 3. The van der Waals surface area contributed by atoms with E-state index in [0.717, 1.165) is 23.3 Å². The molecule has 3 N–H and O–H groups in total. The average molecular weight is 306 g/mol. The van der Waals surface area contributed by atoms with Crippen LogP contribution in [0.25, 0.3) is 0 Å². The molecule has 0 aliphatic heterocycles. The van der Waals surface area contributed by atoms with Crippen LogP contribution in [0.2, 0.25) is 0 Å². The van der Waals surface area contributed by atoms with Crippen LogP contribution in [0.3, 0.4) is 0 Å². The number of nitrogens with one attached hydrogen (secondary N) is 2. The Morgan fingerprint density at radius 3 is 2.64 bits per heavy atom. The van der Waals surface area contributed by atoms with Crippen molar-refractivity contribution >= 4 is 17.3 Å². The van der Waals surface area contributed by atoms with E-state index >= 15 is 0 Å². The lowest BCUT2D eigenvalue weighted by Crippen LogP contribution is -2.22. The Kier molecular flexibility index (Phi) is 5.06. The molecule has 0 aliphatic carbocycles. The minimum Gasteiger partial charge on any atom is -0.392 e. The quantitative estimate of drug-likeness (QED) is 0.796. The minimum absolute atomic E-state index is 0.0894. The maximum atomic E-state index is 13.0. The fourth-order valence-electron chi connectivity index (χ4n) is 1.97. The predicted octanol–water partition coefficient (Wildman–Crippen LogP) is 2.82. The molecule has 0 heterocycles. The Bertz CT molecular complexity index is 690. The summed E-state index contributed by atoms with van der Waals surface area (Å²) < 4.78 is 25.8. The van der Waals surface area contributed by atoms with Crippen LogP contribution in [0.1, 0.15) is 11.1 Å². The third-order valence-electron chi connectivity index (χ3n) is 3.26. The number of rotatable bonds is 5. The van der Waals surface area contributed by atoms with Gasteiger partial charge in [-0.25, -0.2) is 8.78 Å². The van der Waals surface area contributed by atoms with E-state index in [9.17, 15) is 18.7 Å². The molecule has 2 aromatic rings. The lowest BCUT2D eigenvalue weighted by atomic mass is 10.1. The summed E-state index contributed by atoms with van der Waals surface area (Å²) in [5.41, 5.74) is 2.43. The number of aliphatic hydroxyl groups is 1. The predicted molar refractivity (Wildman–Crippen MR) is 80.6 cm³/mol. The number of halogens is 2. The molecular weight excluding hydrogens is 290 g/mol. The topological polar surface area (TPSA) is 61.4 Å². The second-order valence-electron chi connectivity index (χ2n) is 4.78. The molecular formula is C16H16F2N2O2. The Morgan fingerprint density at radius 1 is 1.18 bits per heavy atom. The van der Waals surface area contributed by atoms with Gasteiger partial charge in [0.15, 0.2) is 11.6 Å². The monoisotopic (exact) mass is 306 g/mol. The molecule has 0 saturated carbocycles. The smallest absolute Gasteiger partial charge is 0.243 e. The van der Waals surface area contributed by atoms with Crippen LogP contribution in [-0.4, -0.2) is 17.6 Å². The molecule has 6 heteroatoms. The number of carbonyl (C=O) groups is 1. The molecule has 0 bridgehead atoms. The maximum Gasteiger partial charge on any atom is 0.243 e. The molecule has 2 rings (SSSR count). The Balaban J connectivity index is 1.97. The average Bonchev–Trinajstić information content (AvgIpc) is 2.50. The van der Waals surface area contributed by atoms with Crippen molar-refractivity contribution in [3.05, 3.63) is 59.2 Å². The number of anilines is 2. The highest BCUT2D eigenvalue weighted by molar-refractivity contribution is 5.94. The van der Waals surface area contributed by atoms with E-state index in [1.54, 1.807) is 25.1 Å². The highest BCUT2D eigenvalue weighted by Crippen LogP contribution is 2.19. The molecule has 0 spiro atoms. The van der Waals surface area contributed by atoms with Gasteiger partial charge in [-0.15, -0.1) is 0 Å². The van der Waals surface area contributed by atoms with Gasteiger partial charge in [0, 0.05) is 17.4 Å². The molecule has 0 aromatic heterocycles. The van der Waals surface area contributed by atoms with E-state index in [1.165, 1.54) is 6.07 Å². The highest BCUT2D eigenvalue weighted by Gasteiger charge is 2.08. The normalized spacial score (nSPS) is 10.4. The first-order valence-electron chi connectivity index (χ1n) is 6.69. The highest BCUT2D eigenvalue weighted by atomic mass is 19.2. The fourth-order valence-corrected chi connectivity index (χ4v) is 1.97. The van der Waals surface area contributed by atoms with Gasteiger partial charge in [0.1, 0.15) is 0 Å². The maximum absolute atomic E-state index is 13.0. The second kappa shape index (κ2) is 7.00. The number of carbonyl (C=O) groups excluding carboxylic acids is 1. The summed E-state index contributed by atoms with van der Waals surface area (Å²) in [5, 5.41) is 14.6. The second-order valence-corrected chi connectivity index (χ2v) is 4.78. The first-order chi connectivity index (χ1) is 10.5.